The highest BCUT2D eigenvalue weighted by molar-refractivity contribution is 9.10. The van der Waals surface area contributed by atoms with Gasteiger partial charge in [-0.15, -0.1) is 0 Å². The molecule has 2 aromatic rings. The summed E-state index contributed by atoms with van der Waals surface area (Å²) in [6, 6.07) is 2.75. The Morgan fingerprint density at radius 3 is 2.82 bits per heavy atom. The van der Waals surface area contributed by atoms with Gasteiger partial charge in [-0.3, -0.25) is 0 Å². The van der Waals surface area contributed by atoms with Crippen LogP contribution < -0.4 is 5.32 Å². The normalized spacial score (nSPS) is 17.2. The van der Waals surface area contributed by atoms with Crippen LogP contribution in [-0.4, -0.2) is 46.6 Å². The summed E-state index contributed by atoms with van der Waals surface area (Å²) >= 11 is 3.26. The number of H-pyrrole nitrogens is 1. The molecule has 1 aromatic carbocycles. The Balaban J connectivity index is 1.96. The average molecular weight is 453 g/mol. The minimum absolute atomic E-state index is 0.162. The molecule has 1 aliphatic rings. The highest BCUT2D eigenvalue weighted by Gasteiger charge is 2.37. The fraction of sp³-hybridized carbons (Fsp3) is 0.421. The summed E-state index contributed by atoms with van der Waals surface area (Å²) < 4.78 is 20.1. The number of rotatable bonds is 4. The van der Waals surface area contributed by atoms with Crippen LogP contribution in [0.25, 0.3) is 0 Å². The van der Waals surface area contributed by atoms with Crippen LogP contribution in [0.1, 0.15) is 36.8 Å². The van der Waals surface area contributed by atoms with Crippen molar-refractivity contribution in [1.82, 2.24) is 20.2 Å². The fourth-order valence-electron chi connectivity index (χ4n) is 3.37. The van der Waals surface area contributed by atoms with Crippen LogP contribution in [0.2, 0.25) is 0 Å². The topological polar surface area (TPSA) is 87.3 Å². The molecule has 1 unspecified atom stereocenters. The largest absolute Gasteiger partial charge is 0.467 e. The highest BCUT2D eigenvalue weighted by Crippen LogP contribution is 2.35. The maximum Gasteiger partial charge on any atom is 0.328 e. The average Bonchev–Trinajstić information content (AvgIpc) is 3.13. The zero-order valence-corrected chi connectivity index (χ0v) is 17.4. The number of carbonyl (C=O) groups is 2. The molecule has 0 saturated heterocycles. The number of nitrogens with one attached hydrogen (secondary N) is 2. The molecule has 0 fully saturated rings. The number of ether oxygens (including phenoxy) is 1. The number of amides is 2. The number of esters is 1. The van der Waals surface area contributed by atoms with Crippen molar-refractivity contribution < 1.29 is 18.7 Å². The molecule has 0 aliphatic carbocycles. The molecule has 1 aromatic heterocycles. The lowest BCUT2D eigenvalue weighted by atomic mass is 9.95. The summed E-state index contributed by atoms with van der Waals surface area (Å²) in [4.78, 5) is 34.0. The van der Waals surface area contributed by atoms with Crippen molar-refractivity contribution in [2.24, 2.45) is 5.92 Å². The molecule has 150 valence electrons. The monoisotopic (exact) mass is 452 g/mol. The molecular formula is C19H22BrFN4O3. The number of aromatic nitrogens is 2. The Morgan fingerprint density at radius 2 is 2.18 bits per heavy atom. The summed E-state index contributed by atoms with van der Waals surface area (Å²) in [5.74, 6) is -1.13. The number of carbonyl (C=O) groups excluding carboxylic acids is 2. The molecule has 2 atom stereocenters. The molecule has 2 N–H and O–H groups in total. The number of imidazole rings is 1. The minimum atomic E-state index is -0.798. The van der Waals surface area contributed by atoms with Crippen LogP contribution in [0.15, 0.2) is 29.0 Å². The molecular weight excluding hydrogens is 431 g/mol. The molecule has 0 spiro atoms. The third-order valence-corrected chi connectivity index (χ3v) is 5.34. The number of aromatic amines is 1. The van der Waals surface area contributed by atoms with Crippen LogP contribution in [0, 0.1) is 11.7 Å². The van der Waals surface area contributed by atoms with Gasteiger partial charge >= 0.3 is 12.0 Å². The van der Waals surface area contributed by atoms with Gasteiger partial charge in [0.1, 0.15) is 17.9 Å². The van der Waals surface area contributed by atoms with E-state index in [1.165, 1.54) is 18.1 Å². The first-order valence-electron chi connectivity index (χ1n) is 8.95. The molecule has 7 nitrogen and oxygen atoms in total. The standard InChI is InChI=1S/C19H22BrFN4O3/c1-10(2)15(18(26)28-3)24-19(27)25-7-6-14-16(23-9-22-14)17(25)12-5-4-11(20)8-13(12)21/h4-5,8-10,15,17H,6-7H2,1-3H3,(H,22,23)(H,24,27)/t15-,17?/m1/s1. The Hall–Kier alpha value is -2.42. The number of hydrogen-bond acceptors (Lipinski definition) is 4. The Bertz CT molecular complexity index is 886. The SMILES string of the molecule is COC(=O)[C@H](NC(=O)N1CCc2[nH]cnc2C1c1ccc(Br)cc1F)C(C)C. The van der Waals surface area contributed by atoms with E-state index in [9.17, 15) is 14.0 Å². The van der Waals surface area contributed by atoms with Crippen molar-refractivity contribution in [3.05, 3.63) is 51.8 Å². The van der Waals surface area contributed by atoms with Crippen LogP contribution >= 0.6 is 15.9 Å². The van der Waals surface area contributed by atoms with Gasteiger partial charge in [-0.25, -0.2) is 19.0 Å². The Kier molecular flexibility index (Phi) is 6.02. The number of fused-ring (bicyclic) bond motifs is 1. The Labute approximate surface area is 170 Å². The van der Waals surface area contributed by atoms with Crippen LogP contribution in [0.4, 0.5) is 9.18 Å². The Morgan fingerprint density at radius 1 is 1.43 bits per heavy atom. The number of hydrogen-bond donors (Lipinski definition) is 2. The van der Waals surface area contributed by atoms with E-state index in [2.05, 4.69) is 31.2 Å². The summed E-state index contributed by atoms with van der Waals surface area (Å²) in [5, 5.41) is 2.73. The summed E-state index contributed by atoms with van der Waals surface area (Å²) in [6.45, 7) is 3.98. The predicted octanol–water partition coefficient (Wildman–Crippen LogP) is 3.17. The summed E-state index contributed by atoms with van der Waals surface area (Å²) in [5.41, 5.74) is 1.80. The third kappa shape index (κ3) is 3.89. The number of nitrogens with zero attached hydrogens (tertiary/aromatic N) is 2. The van der Waals surface area contributed by atoms with E-state index in [1.807, 2.05) is 13.8 Å². The van der Waals surface area contributed by atoms with Crippen molar-refractivity contribution in [1.29, 1.82) is 0 Å². The van der Waals surface area contributed by atoms with E-state index in [0.29, 0.717) is 28.7 Å². The van der Waals surface area contributed by atoms with E-state index < -0.39 is 29.9 Å². The van der Waals surface area contributed by atoms with Gasteiger partial charge in [0, 0.05) is 28.7 Å². The van der Waals surface area contributed by atoms with Crippen molar-refractivity contribution in [2.45, 2.75) is 32.4 Å². The van der Waals surface area contributed by atoms with Crippen LogP contribution in [0.5, 0.6) is 0 Å². The van der Waals surface area contributed by atoms with E-state index in [1.54, 1.807) is 18.5 Å². The van der Waals surface area contributed by atoms with Crippen molar-refractivity contribution in [3.8, 4) is 0 Å². The van der Waals surface area contributed by atoms with E-state index >= 15 is 0 Å². The number of methoxy groups -OCH3 is 1. The van der Waals surface area contributed by atoms with E-state index in [-0.39, 0.29) is 5.92 Å². The summed E-state index contributed by atoms with van der Waals surface area (Å²) in [7, 11) is 1.28. The second kappa shape index (κ2) is 8.30. The molecule has 0 bridgehead atoms. The quantitative estimate of drug-likeness (QED) is 0.697. The second-order valence-electron chi connectivity index (χ2n) is 6.97. The van der Waals surface area contributed by atoms with Gasteiger partial charge in [-0.1, -0.05) is 35.8 Å². The van der Waals surface area contributed by atoms with Crippen LogP contribution in [0.3, 0.4) is 0 Å². The zero-order chi connectivity index (χ0) is 20.4. The lowest BCUT2D eigenvalue weighted by Gasteiger charge is -2.36. The lowest BCUT2D eigenvalue weighted by Crippen LogP contribution is -2.53. The molecule has 0 saturated carbocycles. The summed E-state index contributed by atoms with van der Waals surface area (Å²) in [6.07, 6.45) is 2.10. The van der Waals surface area contributed by atoms with E-state index in [0.717, 1.165) is 5.69 Å². The maximum absolute atomic E-state index is 14.7. The van der Waals surface area contributed by atoms with Gasteiger partial charge in [0.2, 0.25) is 0 Å². The lowest BCUT2D eigenvalue weighted by molar-refractivity contribution is -0.144. The molecule has 2 amide bonds. The van der Waals surface area contributed by atoms with Gasteiger partial charge in [-0.05, 0) is 18.1 Å². The first-order chi connectivity index (χ1) is 13.3. The molecule has 2 heterocycles. The molecule has 28 heavy (non-hydrogen) atoms. The highest BCUT2D eigenvalue weighted by atomic mass is 79.9. The van der Waals surface area contributed by atoms with Crippen LogP contribution in [-0.2, 0) is 16.0 Å². The van der Waals surface area contributed by atoms with Gasteiger partial charge in [0.25, 0.3) is 0 Å². The third-order valence-electron chi connectivity index (χ3n) is 4.84. The van der Waals surface area contributed by atoms with Gasteiger partial charge < -0.3 is 19.9 Å². The van der Waals surface area contributed by atoms with Gasteiger partial charge in [-0.2, -0.15) is 0 Å². The molecule has 9 heteroatoms. The maximum atomic E-state index is 14.7. The molecule has 3 rings (SSSR count). The minimum Gasteiger partial charge on any atom is -0.467 e. The van der Waals surface area contributed by atoms with E-state index in [4.69, 9.17) is 4.74 Å². The second-order valence-corrected chi connectivity index (χ2v) is 7.89. The number of urea groups is 1. The fourth-order valence-corrected chi connectivity index (χ4v) is 3.71. The number of halogens is 2. The first-order valence-corrected chi connectivity index (χ1v) is 9.74. The molecule has 1 aliphatic heterocycles. The van der Waals surface area contributed by atoms with Gasteiger partial charge in [0.15, 0.2) is 0 Å². The predicted molar refractivity (Wildman–Crippen MR) is 104 cm³/mol. The van der Waals surface area contributed by atoms with Crippen molar-refractivity contribution >= 4 is 27.9 Å². The number of benzene rings is 1. The van der Waals surface area contributed by atoms with Gasteiger partial charge in [0.05, 0.1) is 19.1 Å². The van der Waals surface area contributed by atoms with Crippen molar-refractivity contribution in [3.63, 3.8) is 0 Å². The van der Waals surface area contributed by atoms with Crippen molar-refractivity contribution in [2.75, 3.05) is 13.7 Å². The zero-order valence-electron chi connectivity index (χ0n) is 15.8. The smallest absolute Gasteiger partial charge is 0.328 e. The first kappa shape index (κ1) is 20.3. The molecule has 0 radical (unpaired) electrons.